The van der Waals surface area contributed by atoms with Crippen LogP contribution in [0.15, 0.2) is 73.7 Å². The SMILES string of the molecule is C=CC(=O)N[C@@H](CCC)[C@@H](C)NC(=O)c1sc2nccc3c2c1NC(=O)N3c1cncc(-c2ccccc2)c1. The quantitative estimate of drug-likeness (QED) is 0.238. The largest absolute Gasteiger partial charge is 0.348 e. The standard InChI is InChI=1S/C29H28N6O3S/c1-4-9-21(33-23(36)5-2)17(3)32-27(37)26-25-24-22(12-13-31-28(24)39-26)35(29(38)34-25)20-14-19(15-30-16-20)18-10-7-6-8-11-18/h5-8,10-17,21H,2,4,9H2,1,3H3,(H,32,37)(H,33,36)(H,34,38)/t17-,21+/m1/s1. The van der Waals surface area contributed by atoms with Crippen LogP contribution in [0.25, 0.3) is 21.3 Å². The van der Waals surface area contributed by atoms with E-state index in [0.717, 1.165) is 17.5 Å². The van der Waals surface area contributed by atoms with Crippen LogP contribution in [0.2, 0.25) is 0 Å². The molecule has 1 aliphatic rings. The van der Waals surface area contributed by atoms with Gasteiger partial charge in [0.1, 0.15) is 9.71 Å². The Kier molecular flexibility index (Phi) is 7.38. The highest BCUT2D eigenvalue weighted by Gasteiger charge is 2.33. The number of rotatable bonds is 9. The fraction of sp³-hybridized carbons (Fsp3) is 0.207. The van der Waals surface area contributed by atoms with Crippen molar-refractivity contribution in [2.24, 2.45) is 0 Å². The van der Waals surface area contributed by atoms with Crippen LogP contribution < -0.4 is 20.9 Å². The zero-order valence-electron chi connectivity index (χ0n) is 21.6. The van der Waals surface area contributed by atoms with E-state index < -0.39 is 6.03 Å². The van der Waals surface area contributed by atoms with Gasteiger partial charge in [-0.3, -0.25) is 19.5 Å². The second-order valence-corrected chi connectivity index (χ2v) is 10.2. The zero-order valence-corrected chi connectivity index (χ0v) is 22.4. The van der Waals surface area contributed by atoms with Gasteiger partial charge in [-0.1, -0.05) is 50.3 Å². The first-order chi connectivity index (χ1) is 18.9. The van der Waals surface area contributed by atoms with Gasteiger partial charge in [0.05, 0.1) is 28.6 Å². The molecule has 4 heterocycles. The summed E-state index contributed by atoms with van der Waals surface area (Å²) < 4.78 is 0. The topological polar surface area (TPSA) is 116 Å². The van der Waals surface area contributed by atoms with E-state index in [1.54, 1.807) is 29.6 Å². The number of nitrogens with one attached hydrogen (secondary N) is 3. The molecule has 4 aromatic rings. The van der Waals surface area contributed by atoms with E-state index in [2.05, 4.69) is 32.5 Å². The molecule has 2 atom stereocenters. The molecule has 0 aliphatic carbocycles. The number of urea groups is 1. The lowest BCUT2D eigenvalue weighted by atomic mass is 10.0. The average Bonchev–Trinajstić information content (AvgIpc) is 3.32. The molecule has 0 saturated heterocycles. The molecule has 1 aromatic carbocycles. The summed E-state index contributed by atoms with van der Waals surface area (Å²) in [6.07, 6.45) is 7.75. The van der Waals surface area contributed by atoms with E-state index in [4.69, 9.17) is 0 Å². The van der Waals surface area contributed by atoms with Crippen LogP contribution >= 0.6 is 11.3 Å². The van der Waals surface area contributed by atoms with Crippen LogP contribution in [0.1, 0.15) is 36.4 Å². The third-order valence-electron chi connectivity index (χ3n) is 6.62. The van der Waals surface area contributed by atoms with Gasteiger partial charge in [0.15, 0.2) is 0 Å². The van der Waals surface area contributed by atoms with Crippen molar-refractivity contribution in [2.45, 2.75) is 38.8 Å². The third-order valence-corrected chi connectivity index (χ3v) is 7.71. The maximum atomic E-state index is 13.5. The summed E-state index contributed by atoms with van der Waals surface area (Å²) in [5.74, 6) is -0.638. The highest BCUT2D eigenvalue weighted by molar-refractivity contribution is 7.21. The molecule has 4 amide bonds. The molecule has 0 fully saturated rings. The van der Waals surface area contributed by atoms with Crippen LogP contribution in [0, 0.1) is 0 Å². The lowest BCUT2D eigenvalue weighted by molar-refractivity contribution is -0.117. The monoisotopic (exact) mass is 540 g/mol. The predicted molar refractivity (Wildman–Crippen MR) is 154 cm³/mol. The molecular formula is C29H28N6O3S. The number of hydrogen-bond donors (Lipinski definition) is 3. The molecule has 10 heteroatoms. The molecule has 198 valence electrons. The van der Waals surface area contributed by atoms with Crippen molar-refractivity contribution in [3.05, 3.63) is 78.6 Å². The number of nitrogens with zero attached hydrogens (tertiary/aromatic N) is 3. The maximum absolute atomic E-state index is 13.5. The first kappa shape index (κ1) is 26.1. The fourth-order valence-electron chi connectivity index (χ4n) is 4.71. The Labute approximate surface area is 230 Å². The fourth-order valence-corrected chi connectivity index (χ4v) is 5.73. The van der Waals surface area contributed by atoms with Gasteiger partial charge >= 0.3 is 6.03 Å². The van der Waals surface area contributed by atoms with Crippen molar-refractivity contribution in [3.63, 3.8) is 0 Å². The van der Waals surface area contributed by atoms with Gasteiger partial charge in [-0.2, -0.15) is 0 Å². The number of aromatic nitrogens is 2. The van der Waals surface area contributed by atoms with E-state index in [1.807, 2.05) is 50.2 Å². The lowest BCUT2D eigenvalue weighted by Gasteiger charge is -2.28. The number of thiophene rings is 1. The summed E-state index contributed by atoms with van der Waals surface area (Å²) in [5.41, 5.74) is 3.51. The summed E-state index contributed by atoms with van der Waals surface area (Å²) in [7, 11) is 0. The molecule has 3 N–H and O–H groups in total. The summed E-state index contributed by atoms with van der Waals surface area (Å²) in [5, 5.41) is 9.48. The smallest absolute Gasteiger partial charge is 0.331 e. The van der Waals surface area contributed by atoms with Gasteiger partial charge in [0.25, 0.3) is 5.91 Å². The van der Waals surface area contributed by atoms with Crippen molar-refractivity contribution < 1.29 is 14.4 Å². The van der Waals surface area contributed by atoms with Gasteiger partial charge in [-0.25, -0.2) is 9.78 Å². The molecular weight excluding hydrogens is 512 g/mol. The first-order valence-electron chi connectivity index (χ1n) is 12.7. The average molecular weight is 541 g/mol. The van der Waals surface area contributed by atoms with Gasteiger partial charge in [0.2, 0.25) is 5.91 Å². The molecule has 0 saturated carbocycles. The highest BCUT2D eigenvalue weighted by atomic mass is 32.1. The van der Waals surface area contributed by atoms with E-state index in [0.29, 0.717) is 38.6 Å². The molecule has 1 aliphatic heterocycles. The molecule has 0 unspecified atom stereocenters. The number of pyridine rings is 2. The van der Waals surface area contributed by atoms with Crippen LogP contribution in [0.4, 0.5) is 21.9 Å². The van der Waals surface area contributed by atoms with E-state index in [-0.39, 0.29) is 23.9 Å². The van der Waals surface area contributed by atoms with Crippen LogP contribution in [-0.2, 0) is 4.79 Å². The van der Waals surface area contributed by atoms with Crippen LogP contribution in [-0.4, -0.2) is 39.9 Å². The Hall–Kier alpha value is -4.57. The van der Waals surface area contributed by atoms with Crippen LogP contribution in [0.3, 0.4) is 0 Å². The summed E-state index contributed by atoms with van der Waals surface area (Å²) in [4.78, 5) is 50.2. The lowest BCUT2D eigenvalue weighted by Crippen LogP contribution is -2.49. The highest BCUT2D eigenvalue weighted by Crippen LogP contribution is 2.45. The molecule has 0 bridgehead atoms. The van der Waals surface area contributed by atoms with Gasteiger partial charge in [0, 0.05) is 30.0 Å². The number of anilines is 3. The third kappa shape index (κ3) is 5.10. The number of hydrogen-bond acceptors (Lipinski definition) is 6. The Bertz CT molecular complexity index is 1570. The normalized spacial score (nSPS) is 13.9. The molecule has 39 heavy (non-hydrogen) atoms. The minimum atomic E-state index is -0.399. The second kappa shape index (κ2) is 11.0. The Morgan fingerprint density at radius 1 is 1.15 bits per heavy atom. The van der Waals surface area contributed by atoms with Gasteiger partial charge in [-0.15, -0.1) is 11.3 Å². The Balaban J connectivity index is 1.48. The van der Waals surface area contributed by atoms with Crippen molar-refractivity contribution >= 4 is 56.5 Å². The summed E-state index contributed by atoms with van der Waals surface area (Å²) in [6.45, 7) is 7.36. The van der Waals surface area contributed by atoms with Crippen molar-refractivity contribution in [1.82, 2.24) is 20.6 Å². The summed E-state index contributed by atoms with van der Waals surface area (Å²) >= 11 is 1.21. The number of carbonyl (C=O) groups excluding carboxylic acids is 3. The Morgan fingerprint density at radius 2 is 1.95 bits per heavy atom. The van der Waals surface area contributed by atoms with E-state index in [9.17, 15) is 14.4 Å². The van der Waals surface area contributed by atoms with Gasteiger partial charge in [-0.05, 0) is 37.1 Å². The molecule has 3 aromatic heterocycles. The number of amides is 4. The van der Waals surface area contributed by atoms with E-state index >= 15 is 0 Å². The van der Waals surface area contributed by atoms with Crippen molar-refractivity contribution in [2.75, 3.05) is 10.2 Å². The minimum absolute atomic E-state index is 0.265. The van der Waals surface area contributed by atoms with E-state index in [1.165, 1.54) is 17.4 Å². The minimum Gasteiger partial charge on any atom is -0.348 e. The molecule has 9 nitrogen and oxygen atoms in total. The van der Waals surface area contributed by atoms with Crippen molar-refractivity contribution in [3.8, 4) is 11.1 Å². The molecule has 0 spiro atoms. The molecule has 5 rings (SSSR count). The first-order valence-corrected chi connectivity index (χ1v) is 13.5. The Morgan fingerprint density at radius 3 is 2.69 bits per heavy atom. The number of benzene rings is 1. The predicted octanol–water partition coefficient (Wildman–Crippen LogP) is 5.63. The zero-order chi connectivity index (χ0) is 27.5. The van der Waals surface area contributed by atoms with Crippen molar-refractivity contribution in [1.29, 1.82) is 0 Å². The summed E-state index contributed by atoms with van der Waals surface area (Å²) in [6, 6.07) is 12.5. The van der Waals surface area contributed by atoms with Gasteiger partial charge < -0.3 is 16.0 Å². The molecule has 0 radical (unpaired) electrons. The van der Waals surface area contributed by atoms with Crippen LogP contribution in [0.5, 0.6) is 0 Å². The number of carbonyl (C=O) groups is 3. The maximum Gasteiger partial charge on any atom is 0.331 e. The second-order valence-electron chi connectivity index (χ2n) is 9.25.